The Balaban J connectivity index is 1.36. The van der Waals surface area contributed by atoms with Gasteiger partial charge in [-0.2, -0.15) is 0 Å². The van der Waals surface area contributed by atoms with Crippen molar-refractivity contribution in [1.82, 2.24) is 10.2 Å². The summed E-state index contributed by atoms with van der Waals surface area (Å²) in [5.41, 5.74) is 0. The van der Waals surface area contributed by atoms with Crippen molar-refractivity contribution in [3.8, 4) is 0 Å². The lowest BCUT2D eigenvalue weighted by molar-refractivity contribution is 0.147. The largest absolute Gasteiger partial charge is 0.311 e. The molecule has 0 aromatic heterocycles. The van der Waals surface area contributed by atoms with Crippen LogP contribution in [0.5, 0.6) is 0 Å². The molecule has 2 heteroatoms. The first kappa shape index (κ1) is 13.6. The third-order valence-electron chi connectivity index (χ3n) is 7.27. The molecule has 7 unspecified atom stereocenters. The Morgan fingerprint density at radius 1 is 1.00 bits per heavy atom. The van der Waals surface area contributed by atoms with Gasteiger partial charge >= 0.3 is 0 Å². The second-order valence-electron chi connectivity index (χ2n) is 8.38. The van der Waals surface area contributed by atoms with E-state index in [-0.39, 0.29) is 0 Å². The van der Waals surface area contributed by atoms with Crippen LogP contribution in [0, 0.1) is 29.6 Å². The van der Waals surface area contributed by atoms with Gasteiger partial charge in [-0.25, -0.2) is 0 Å². The highest BCUT2D eigenvalue weighted by atomic mass is 15.1. The second-order valence-corrected chi connectivity index (χ2v) is 8.38. The molecule has 3 aliphatic carbocycles. The topological polar surface area (TPSA) is 15.3 Å². The third-order valence-corrected chi connectivity index (χ3v) is 7.27. The standard InChI is InChI=1S/C18H32N2/c1-12(13-5-4-8-20(2)11-13)19-18-10-14-9-17(18)16-7-3-6-15(14)16/h12-19H,3-11H2,1-2H3. The molecule has 1 N–H and O–H groups in total. The smallest absolute Gasteiger partial charge is 0.0103 e. The predicted octanol–water partition coefficient (Wildman–Crippen LogP) is 3.13. The molecule has 1 aliphatic heterocycles. The maximum atomic E-state index is 4.09. The zero-order valence-corrected chi connectivity index (χ0v) is 13.4. The fourth-order valence-electron chi connectivity index (χ4n) is 6.35. The van der Waals surface area contributed by atoms with E-state index in [1.807, 2.05) is 0 Å². The Morgan fingerprint density at radius 3 is 2.70 bits per heavy atom. The summed E-state index contributed by atoms with van der Waals surface area (Å²) in [6, 6.07) is 1.59. The van der Waals surface area contributed by atoms with Crippen molar-refractivity contribution in [3.05, 3.63) is 0 Å². The Hall–Kier alpha value is -0.0800. The van der Waals surface area contributed by atoms with Gasteiger partial charge in [0.05, 0.1) is 0 Å². The van der Waals surface area contributed by atoms with Crippen molar-refractivity contribution in [2.24, 2.45) is 29.6 Å². The summed E-state index contributed by atoms with van der Waals surface area (Å²) in [6.07, 6.45) is 10.5. The van der Waals surface area contributed by atoms with Gasteiger partial charge in [-0.05, 0) is 88.6 Å². The summed E-state index contributed by atoms with van der Waals surface area (Å²) in [5, 5.41) is 4.09. The summed E-state index contributed by atoms with van der Waals surface area (Å²) >= 11 is 0. The second kappa shape index (κ2) is 5.28. The monoisotopic (exact) mass is 276 g/mol. The molecule has 4 aliphatic rings. The molecule has 4 fully saturated rings. The van der Waals surface area contributed by atoms with E-state index in [1.54, 1.807) is 19.3 Å². The Labute approximate surface area is 124 Å². The van der Waals surface area contributed by atoms with Crippen molar-refractivity contribution >= 4 is 0 Å². The van der Waals surface area contributed by atoms with Gasteiger partial charge in [-0.3, -0.25) is 0 Å². The lowest BCUT2D eigenvalue weighted by Gasteiger charge is -2.38. The van der Waals surface area contributed by atoms with E-state index in [2.05, 4.69) is 24.2 Å². The number of likely N-dealkylation sites (tertiary alicyclic amines) is 1. The SMILES string of the molecule is CC(NC1CC2CC1C1CCCC21)C1CCCN(C)C1. The van der Waals surface area contributed by atoms with E-state index in [9.17, 15) is 0 Å². The van der Waals surface area contributed by atoms with Gasteiger partial charge in [0.15, 0.2) is 0 Å². The van der Waals surface area contributed by atoms with Crippen LogP contribution in [-0.4, -0.2) is 37.1 Å². The molecule has 0 amide bonds. The van der Waals surface area contributed by atoms with Gasteiger partial charge in [0.1, 0.15) is 0 Å². The van der Waals surface area contributed by atoms with Crippen molar-refractivity contribution in [3.63, 3.8) is 0 Å². The number of nitrogens with zero attached hydrogens (tertiary/aromatic N) is 1. The summed E-state index contributed by atoms with van der Waals surface area (Å²) in [6.45, 7) is 5.07. The highest BCUT2D eigenvalue weighted by Crippen LogP contribution is 2.58. The average Bonchev–Trinajstić information content (AvgIpc) is 3.10. The van der Waals surface area contributed by atoms with E-state index in [4.69, 9.17) is 0 Å². The molecule has 7 atom stereocenters. The van der Waals surface area contributed by atoms with E-state index in [0.717, 1.165) is 41.7 Å². The number of piperidine rings is 1. The number of hydrogen-bond acceptors (Lipinski definition) is 2. The Bertz CT molecular complexity index is 355. The van der Waals surface area contributed by atoms with E-state index in [0.29, 0.717) is 0 Å². The van der Waals surface area contributed by atoms with Crippen LogP contribution in [0.4, 0.5) is 0 Å². The van der Waals surface area contributed by atoms with Crippen LogP contribution in [0.15, 0.2) is 0 Å². The first-order valence-corrected chi connectivity index (χ1v) is 9.17. The Kier molecular flexibility index (Phi) is 3.58. The van der Waals surface area contributed by atoms with Crippen LogP contribution in [0.2, 0.25) is 0 Å². The highest BCUT2D eigenvalue weighted by molar-refractivity contribution is 5.06. The van der Waals surface area contributed by atoms with Gasteiger partial charge in [-0.15, -0.1) is 0 Å². The van der Waals surface area contributed by atoms with Crippen LogP contribution < -0.4 is 5.32 Å². The normalized spacial score (nSPS) is 49.5. The molecule has 4 rings (SSSR count). The van der Waals surface area contributed by atoms with Crippen LogP contribution in [0.3, 0.4) is 0 Å². The molecule has 0 radical (unpaired) electrons. The number of rotatable bonds is 3. The number of fused-ring (bicyclic) bond motifs is 5. The first-order chi connectivity index (χ1) is 9.72. The van der Waals surface area contributed by atoms with Crippen molar-refractivity contribution in [2.75, 3.05) is 20.1 Å². The lowest BCUT2D eigenvalue weighted by Crippen LogP contribution is -2.49. The van der Waals surface area contributed by atoms with Gasteiger partial charge in [0.2, 0.25) is 0 Å². The highest BCUT2D eigenvalue weighted by Gasteiger charge is 2.53. The maximum absolute atomic E-state index is 4.09. The van der Waals surface area contributed by atoms with Crippen LogP contribution in [0.1, 0.15) is 51.9 Å². The molecule has 0 aromatic rings. The van der Waals surface area contributed by atoms with Crippen molar-refractivity contribution < 1.29 is 0 Å². The molecule has 1 heterocycles. The molecular formula is C18H32N2. The lowest BCUT2D eigenvalue weighted by atomic mass is 9.78. The fraction of sp³-hybridized carbons (Fsp3) is 1.00. The van der Waals surface area contributed by atoms with Gasteiger partial charge in [-0.1, -0.05) is 6.42 Å². The quantitative estimate of drug-likeness (QED) is 0.852. The number of hydrogen-bond donors (Lipinski definition) is 1. The zero-order valence-electron chi connectivity index (χ0n) is 13.4. The van der Waals surface area contributed by atoms with E-state index >= 15 is 0 Å². The summed E-state index contributed by atoms with van der Waals surface area (Å²) < 4.78 is 0. The minimum absolute atomic E-state index is 0.724. The fourth-order valence-corrected chi connectivity index (χ4v) is 6.35. The molecule has 0 aromatic carbocycles. The van der Waals surface area contributed by atoms with Crippen molar-refractivity contribution in [2.45, 2.75) is 64.0 Å². The molecule has 114 valence electrons. The third kappa shape index (κ3) is 2.23. The van der Waals surface area contributed by atoms with Gasteiger partial charge in [0.25, 0.3) is 0 Å². The molecule has 1 saturated heterocycles. The van der Waals surface area contributed by atoms with Crippen molar-refractivity contribution in [1.29, 1.82) is 0 Å². The van der Waals surface area contributed by atoms with Gasteiger partial charge in [0, 0.05) is 18.6 Å². The van der Waals surface area contributed by atoms with E-state index < -0.39 is 0 Å². The summed E-state index contributed by atoms with van der Waals surface area (Å²) in [5.74, 6) is 5.25. The zero-order chi connectivity index (χ0) is 13.7. The number of nitrogens with one attached hydrogen (secondary N) is 1. The molecular weight excluding hydrogens is 244 g/mol. The molecule has 3 saturated carbocycles. The van der Waals surface area contributed by atoms with Crippen LogP contribution in [-0.2, 0) is 0 Å². The van der Waals surface area contributed by atoms with Crippen LogP contribution in [0.25, 0.3) is 0 Å². The molecule has 20 heavy (non-hydrogen) atoms. The average molecular weight is 276 g/mol. The van der Waals surface area contributed by atoms with Crippen LogP contribution >= 0.6 is 0 Å². The summed E-state index contributed by atoms with van der Waals surface area (Å²) in [4.78, 5) is 2.53. The molecule has 2 bridgehead atoms. The minimum atomic E-state index is 0.724. The predicted molar refractivity (Wildman–Crippen MR) is 83.7 cm³/mol. The molecule has 0 spiro atoms. The van der Waals surface area contributed by atoms with E-state index in [1.165, 1.54) is 38.8 Å². The van der Waals surface area contributed by atoms with Gasteiger partial charge < -0.3 is 10.2 Å². The first-order valence-electron chi connectivity index (χ1n) is 9.17. The maximum Gasteiger partial charge on any atom is 0.0103 e. The minimum Gasteiger partial charge on any atom is -0.311 e. The Morgan fingerprint density at radius 2 is 1.85 bits per heavy atom. The summed E-state index contributed by atoms with van der Waals surface area (Å²) in [7, 11) is 2.29. The molecule has 2 nitrogen and oxygen atoms in total.